The number of nitrogens with one attached hydrogen (secondary N) is 1. The Balaban J connectivity index is 2.19. The third-order valence-electron chi connectivity index (χ3n) is 2.70. The maximum absolute atomic E-state index is 5.86. The molecule has 0 amide bonds. The number of anilines is 1. The first kappa shape index (κ1) is 12.4. The molecule has 18 heavy (non-hydrogen) atoms. The van der Waals surface area contributed by atoms with E-state index in [1.54, 1.807) is 18.6 Å². The number of hydrogen-bond donors (Lipinski definition) is 2. The maximum atomic E-state index is 5.86. The summed E-state index contributed by atoms with van der Waals surface area (Å²) in [6.45, 7) is 2.91. The van der Waals surface area contributed by atoms with Gasteiger partial charge in [0.2, 0.25) is 0 Å². The van der Waals surface area contributed by atoms with Gasteiger partial charge in [-0.3, -0.25) is 0 Å². The highest BCUT2D eigenvalue weighted by Crippen LogP contribution is 2.17. The molecule has 0 aliphatic rings. The van der Waals surface area contributed by atoms with Crippen molar-refractivity contribution in [2.45, 2.75) is 19.4 Å². The van der Waals surface area contributed by atoms with Gasteiger partial charge in [-0.1, -0.05) is 13.0 Å². The molecule has 0 bridgehead atoms. The molecule has 0 radical (unpaired) electrons. The average molecular weight is 243 g/mol. The van der Waals surface area contributed by atoms with Crippen LogP contribution in [0.3, 0.4) is 0 Å². The summed E-state index contributed by atoms with van der Waals surface area (Å²) in [5, 5.41) is 3.37. The van der Waals surface area contributed by atoms with Crippen LogP contribution in [0.2, 0.25) is 0 Å². The van der Waals surface area contributed by atoms with Gasteiger partial charge in [0.05, 0.1) is 6.04 Å². The molecule has 2 rings (SSSR count). The highest BCUT2D eigenvalue weighted by molar-refractivity contribution is 5.39. The largest absolute Gasteiger partial charge is 0.383 e. The van der Waals surface area contributed by atoms with Crippen LogP contribution >= 0.6 is 0 Å². The van der Waals surface area contributed by atoms with Crippen LogP contribution in [-0.4, -0.2) is 21.5 Å². The summed E-state index contributed by atoms with van der Waals surface area (Å²) in [6, 6.07) is 5.74. The Morgan fingerprint density at radius 1 is 1.17 bits per heavy atom. The van der Waals surface area contributed by atoms with Crippen LogP contribution in [0.4, 0.5) is 5.82 Å². The molecule has 3 N–H and O–H groups in total. The molecular formula is C13H17N5. The van der Waals surface area contributed by atoms with Crippen LogP contribution in [-0.2, 0) is 6.42 Å². The van der Waals surface area contributed by atoms with Crippen LogP contribution in [0.1, 0.15) is 24.4 Å². The second kappa shape index (κ2) is 6.07. The van der Waals surface area contributed by atoms with Crippen LogP contribution in [0, 0.1) is 0 Å². The monoisotopic (exact) mass is 243 g/mol. The lowest BCUT2D eigenvalue weighted by Crippen LogP contribution is -2.25. The number of nitrogens with zero attached hydrogens (tertiary/aromatic N) is 3. The third-order valence-corrected chi connectivity index (χ3v) is 2.70. The van der Waals surface area contributed by atoms with Gasteiger partial charge in [0.25, 0.3) is 0 Å². The number of nitrogens with two attached hydrogens (primary N) is 1. The van der Waals surface area contributed by atoms with Gasteiger partial charge in [0, 0.05) is 18.6 Å². The molecular weight excluding hydrogens is 226 g/mol. The topological polar surface area (TPSA) is 76.7 Å². The van der Waals surface area contributed by atoms with E-state index < -0.39 is 0 Å². The quantitative estimate of drug-likeness (QED) is 0.829. The SMILES string of the molecule is CCNC(Cc1cccnc1N)c1ncccn1. The third kappa shape index (κ3) is 3.01. The van der Waals surface area contributed by atoms with Gasteiger partial charge in [-0.05, 0) is 30.7 Å². The van der Waals surface area contributed by atoms with Gasteiger partial charge in [-0.25, -0.2) is 15.0 Å². The standard InChI is InChI=1S/C13H17N5/c1-2-15-11(13-17-7-4-8-18-13)9-10-5-3-6-16-12(10)14/h3-8,11,15H,2,9H2,1H3,(H2,14,16). The van der Waals surface area contributed by atoms with E-state index in [0.29, 0.717) is 5.82 Å². The van der Waals surface area contributed by atoms with Crippen LogP contribution in [0.5, 0.6) is 0 Å². The molecule has 0 aliphatic heterocycles. The Hall–Kier alpha value is -2.01. The Morgan fingerprint density at radius 3 is 2.56 bits per heavy atom. The second-order valence-corrected chi connectivity index (χ2v) is 3.97. The molecule has 5 nitrogen and oxygen atoms in total. The van der Waals surface area contributed by atoms with E-state index in [-0.39, 0.29) is 6.04 Å². The van der Waals surface area contributed by atoms with Gasteiger partial charge in [0.1, 0.15) is 11.6 Å². The minimum atomic E-state index is 0.0581. The zero-order valence-electron chi connectivity index (χ0n) is 10.4. The predicted octanol–water partition coefficient (Wildman–Crippen LogP) is 1.35. The first-order valence-electron chi connectivity index (χ1n) is 6.01. The Bertz CT molecular complexity index is 486. The van der Waals surface area contributed by atoms with Crippen molar-refractivity contribution in [3.8, 4) is 0 Å². The smallest absolute Gasteiger partial charge is 0.145 e. The molecule has 94 valence electrons. The molecule has 2 heterocycles. The molecule has 5 heteroatoms. The Morgan fingerprint density at radius 2 is 1.89 bits per heavy atom. The summed E-state index contributed by atoms with van der Waals surface area (Å²) in [4.78, 5) is 12.7. The lowest BCUT2D eigenvalue weighted by atomic mass is 10.1. The van der Waals surface area contributed by atoms with Gasteiger partial charge >= 0.3 is 0 Å². The number of likely N-dealkylation sites (N-methyl/N-ethyl adjacent to an activating group) is 1. The Labute approximate surface area is 106 Å². The first-order chi connectivity index (χ1) is 8.81. The normalized spacial score (nSPS) is 12.3. The molecule has 0 saturated carbocycles. The molecule has 0 saturated heterocycles. The van der Waals surface area contributed by atoms with Crippen molar-refractivity contribution in [1.82, 2.24) is 20.3 Å². The molecule has 0 spiro atoms. The van der Waals surface area contributed by atoms with Crippen molar-refractivity contribution in [1.29, 1.82) is 0 Å². The molecule has 1 atom stereocenters. The van der Waals surface area contributed by atoms with Gasteiger partial charge in [-0.2, -0.15) is 0 Å². The van der Waals surface area contributed by atoms with Crippen LogP contribution < -0.4 is 11.1 Å². The van der Waals surface area contributed by atoms with Crippen LogP contribution in [0.25, 0.3) is 0 Å². The highest BCUT2D eigenvalue weighted by atomic mass is 15.0. The van der Waals surface area contributed by atoms with E-state index in [9.17, 15) is 0 Å². The molecule has 0 aliphatic carbocycles. The fourth-order valence-electron chi connectivity index (χ4n) is 1.84. The van der Waals surface area contributed by atoms with Gasteiger partial charge < -0.3 is 11.1 Å². The van der Waals surface area contributed by atoms with Gasteiger partial charge in [-0.15, -0.1) is 0 Å². The van der Waals surface area contributed by atoms with Gasteiger partial charge in [0.15, 0.2) is 0 Å². The van der Waals surface area contributed by atoms with Crippen molar-refractivity contribution in [3.63, 3.8) is 0 Å². The first-order valence-corrected chi connectivity index (χ1v) is 6.01. The predicted molar refractivity (Wildman–Crippen MR) is 70.8 cm³/mol. The number of pyridine rings is 1. The molecule has 2 aromatic heterocycles. The number of aromatic nitrogens is 3. The van der Waals surface area contributed by atoms with E-state index >= 15 is 0 Å². The summed E-state index contributed by atoms with van der Waals surface area (Å²) in [5.74, 6) is 1.35. The summed E-state index contributed by atoms with van der Waals surface area (Å²) >= 11 is 0. The van der Waals surface area contributed by atoms with Crippen molar-refractivity contribution < 1.29 is 0 Å². The number of nitrogen functional groups attached to an aromatic ring is 1. The summed E-state index contributed by atoms with van der Waals surface area (Å²) in [5.41, 5.74) is 6.87. The lowest BCUT2D eigenvalue weighted by molar-refractivity contribution is 0.521. The lowest BCUT2D eigenvalue weighted by Gasteiger charge is -2.16. The van der Waals surface area contributed by atoms with E-state index in [1.165, 1.54) is 0 Å². The van der Waals surface area contributed by atoms with Crippen molar-refractivity contribution >= 4 is 5.82 Å². The van der Waals surface area contributed by atoms with E-state index in [1.807, 2.05) is 18.2 Å². The number of hydrogen-bond acceptors (Lipinski definition) is 5. The van der Waals surface area contributed by atoms with E-state index in [0.717, 1.165) is 24.4 Å². The minimum Gasteiger partial charge on any atom is -0.383 e. The summed E-state index contributed by atoms with van der Waals surface area (Å²) in [6.07, 6.45) is 5.93. The van der Waals surface area contributed by atoms with Crippen molar-refractivity contribution in [2.24, 2.45) is 0 Å². The molecule has 2 aromatic rings. The highest BCUT2D eigenvalue weighted by Gasteiger charge is 2.15. The zero-order valence-corrected chi connectivity index (χ0v) is 10.4. The average Bonchev–Trinajstić information content (AvgIpc) is 2.42. The number of rotatable bonds is 5. The minimum absolute atomic E-state index is 0.0581. The fraction of sp³-hybridized carbons (Fsp3) is 0.308. The Kier molecular flexibility index (Phi) is 4.20. The fourth-order valence-corrected chi connectivity index (χ4v) is 1.84. The zero-order chi connectivity index (χ0) is 12.8. The van der Waals surface area contributed by atoms with E-state index in [2.05, 4.69) is 27.2 Å². The second-order valence-electron chi connectivity index (χ2n) is 3.97. The van der Waals surface area contributed by atoms with Crippen molar-refractivity contribution in [2.75, 3.05) is 12.3 Å². The van der Waals surface area contributed by atoms with E-state index in [4.69, 9.17) is 5.73 Å². The maximum Gasteiger partial charge on any atom is 0.145 e. The molecule has 1 unspecified atom stereocenters. The summed E-state index contributed by atoms with van der Waals surface area (Å²) in [7, 11) is 0. The van der Waals surface area contributed by atoms with Crippen molar-refractivity contribution in [3.05, 3.63) is 48.2 Å². The van der Waals surface area contributed by atoms with Crippen LogP contribution in [0.15, 0.2) is 36.8 Å². The molecule has 0 fully saturated rings. The molecule has 0 aromatic carbocycles. The summed E-state index contributed by atoms with van der Waals surface area (Å²) < 4.78 is 0.